The Hall–Kier alpha value is -3.71. The zero-order valence-corrected chi connectivity index (χ0v) is 19.7. The molecule has 0 aromatic heterocycles. The van der Waals surface area contributed by atoms with Gasteiger partial charge in [0.1, 0.15) is 6.20 Å². The lowest BCUT2D eigenvalue weighted by atomic mass is 9.77. The van der Waals surface area contributed by atoms with E-state index in [2.05, 4.69) is 39.5 Å². The molecule has 35 heavy (non-hydrogen) atoms. The van der Waals surface area contributed by atoms with Crippen LogP contribution in [0.15, 0.2) is 83.8 Å². The first-order chi connectivity index (χ1) is 17.0. The molecule has 1 fully saturated rings. The number of nitrogens with one attached hydrogen (secondary N) is 2. The number of benzene rings is 2. The van der Waals surface area contributed by atoms with Crippen LogP contribution in [0.5, 0.6) is 0 Å². The molecule has 7 nitrogen and oxygen atoms in total. The average molecular weight is 472 g/mol. The third-order valence-corrected chi connectivity index (χ3v) is 7.17. The van der Waals surface area contributed by atoms with Crippen LogP contribution in [0.3, 0.4) is 0 Å². The lowest BCUT2D eigenvalue weighted by molar-refractivity contribution is -0.742. The van der Waals surface area contributed by atoms with E-state index in [-0.39, 0.29) is 5.91 Å². The quantitative estimate of drug-likeness (QED) is 0.579. The highest BCUT2D eigenvalue weighted by Crippen LogP contribution is 2.37. The van der Waals surface area contributed by atoms with E-state index >= 15 is 0 Å². The fourth-order valence-corrected chi connectivity index (χ4v) is 5.19. The Morgan fingerprint density at radius 3 is 2.49 bits per heavy atom. The van der Waals surface area contributed by atoms with Crippen molar-refractivity contribution in [3.05, 3.63) is 89.9 Å². The van der Waals surface area contributed by atoms with Crippen molar-refractivity contribution < 1.29 is 19.6 Å². The molecule has 0 saturated heterocycles. The number of amides is 1. The second kappa shape index (κ2) is 10.3. The number of anilines is 1. The van der Waals surface area contributed by atoms with Crippen molar-refractivity contribution in [1.82, 2.24) is 5.32 Å². The number of quaternary nitrogens is 1. The van der Waals surface area contributed by atoms with Crippen LogP contribution in [0.25, 0.3) is 0 Å². The van der Waals surface area contributed by atoms with Gasteiger partial charge in [0.15, 0.2) is 12.4 Å². The standard InChI is InChI=1S/C28H30N4O3/c33-27(34)16-20-6-8-22(9-7-20)23-10-12-24(13-11-23)31-15-14-26-30-25(18-32(26)19-31)28(35)29-17-21-4-2-1-3-5-21/h1-5,10-15,18,20,22H,6-9,16-17,19H2,(H,29,35)(H,33,34)/p+1. The molecule has 1 saturated carbocycles. The van der Waals surface area contributed by atoms with Gasteiger partial charge in [-0.3, -0.25) is 14.5 Å². The number of aliphatic imine (C=N–C) groups is 1. The van der Waals surface area contributed by atoms with Crippen molar-refractivity contribution >= 4 is 23.4 Å². The molecule has 0 bridgehead atoms. The zero-order chi connectivity index (χ0) is 24.2. The van der Waals surface area contributed by atoms with Gasteiger partial charge in [0.05, 0.1) is 0 Å². The predicted octanol–water partition coefficient (Wildman–Crippen LogP) is 3.18. The molecule has 1 atom stereocenters. The average Bonchev–Trinajstić information content (AvgIpc) is 3.32. The summed E-state index contributed by atoms with van der Waals surface area (Å²) >= 11 is 0. The number of hydrogen-bond acceptors (Lipinski definition) is 4. The van der Waals surface area contributed by atoms with E-state index in [1.165, 1.54) is 5.56 Å². The Morgan fingerprint density at radius 1 is 1.03 bits per heavy atom. The highest BCUT2D eigenvalue weighted by molar-refractivity contribution is 5.99. The van der Waals surface area contributed by atoms with Gasteiger partial charge in [-0.05, 0) is 60.8 Å². The molecule has 3 N–H and O–H groups in total. The van der Waals surface area contributed by atoms with Crippen LogP contribution < -0.4 is 15.1 Å². The Balaban J connectivity index is 1.16. The van der Waals surface area contributed by atoms with Crippen LogP contribution in [-0.2, 0) is 16.1 Å². The number of carbonyl (C=O) groups is 2. The summed E-state index contributed by atoms with van der Waals surface area (Å²) in [6.07, 6.45) is 10.2. The Kier molecular flexibility index (Phi) is 6.77. The molecule has 180 valence electrons. The third kappa shape index (κ3) is 5.52. The molecule has 2 aromatic carbocycles. The Bertz CT molecular complexity index is 1160. The van der Waals surface area contributed by atoms with E-state index in [9.17, 15) is 9.59 Å². The van der Waals surface area contributed by atoms with Gasteiger partial charge in [-0.1, -0.05) is 42.5 Å². The van der Waals surface area contributed by atoms with Gasteiger partial charge in [0.2, 0.25) is 5.84 Å². The first-order valence-corrected chi connectivity index (χ1v) is 12.3. The number of carboxylic acids is 1. The normalized spacial score (nSPS) is 23.3. The number of carboxylic acid groups (broad SMARTS) is 1. The summed E-state index contributed by atoms with van der Waals surface area (Å²) in [5, 5.41) is 12.0. The molecule has 7 heteroatoms. The highest BCUT2D eigenvalue weighted by Gasteiger charge is 2.30. The molecule has 1 aliphatic carbocycles. The van der Waals surface area contributed by atoms with Crippen molar-refractivity contribution in [3.8, 4) is 0 Å². The second-order valence-electron chi connectivity index (χ2n) is 9.57. The predicted molar refractivity (Wildman–Crippen MR) is 135 cm³/mol. The summed E-state index contributed by atoms with van der Waals surface area (Å²) in [5.74, 6) is 0.829. The molecule has 2 aliphatic heterocycles. The number of nitrogens with zero attached hydrogens (tertiary/aromatic N) is 2. The van der Waals surface area contributed by atoms with Gasteiger partial charge in [0.25, 0.3) is 5.91 Å². The summed E-state index contributed by atoms with van der Waals surface area (Å²) in [6, 6.07) is 18.5. The van der Waals surface area contributed by atoms with Gasteiger partial charge >= 0.3 is 5.97 Å². The molecule has 0 radical (unpaired) electrons. The van der Waals surface area contributed by atoms with Gasteiger partial charge < -0.3 is 10.4 Å². The SMILES string of the molecule is O=C(O)CC1CCC(c2ccc(N3C=CC4=NC(C(=O)NCc5ccccc5)=C[NH+]4C3)cc2)CC1. The van der Waals surface area contributed by atoms with E-state index in [0.29, 0.717) is 37.2 Å². The van der Waals surface area contributed by atoms with Crippen molar-refractivity contribution in [3.63, 3.8) is 0 Å². The lowest BCUT2D eigenvalue weighted by Gasteiger charge is -2.29. The maximum atomic E-state index is 12.6. The molecule has 0 spiro atoms. The van der Waals surface area contributed by atoms with Gasteiger partial charge in [-0.2, -0.15) is 4.99 Å². The van der Waals surface area contributed by atoms with E-state index in [1.807, 2.05) is 48.8 Å². The maximum Gasteiger partial charge on any atom is 0.303 e. The molecule has 2 aromatic rings. The summed E-state index contributed by atoms with van der Waals surface area (Å²) in [4.78, 5) is 31.3. The number of carbonyl (C=O) groups excluding carboxylic acids is 1. The summed E-state index contributed by atoms with van der Waals surface area (Å²) in [5.41, 5.74) is 3.94. The maximum absolute atomic E-state index is 12.6. The van der Waals surface area contributed by atoms with E-state index < -0.39 is 5.97 Å². The summed E-state index contributed by atoms with van der Waals surface area (Å²) in [6.45, 7) is 1.15. The second-order valence-corrected chi connectivity index (χ2v) is 9.57. The largest absolute Gasteiger partial charge is 0.481 e. The molecule has 1 unspecified atom stereocenters. The first kappa shape index (κ1) is 23.1. The van der Waals surface area contributed by atoms with Crippen LogP contribution in [0, 0.1) is 5.92 Å². The fraction of sp³-hybridized carbons (Fsp3) is 0.321. The molecule has 5 rings (SSSR count). The zero-order valence-electron chi connectivity index (χ0n) is 19.7. The third-order valence-electron chi connectivity index (χ3n) is 7.17. The number of amidine groups is 1. The summed E-state index contributed by atoms with van der Waals surface area (Å²) in [7, 11) is 0. The Morgan fingerprint density at radius 2 is 1.77 bits per heavy atom. The van der Waals surface area contributed by atoms with Crippen LogP contribution in [0.1, 0.15) is 49.1 Å². The van der Waals surface area contributed by atoms with Crippen molar-refractivity contribution in [2.45, 2.75) is 44.6 Å². The van der Waals surface area contributed by atoms with Crippen LogP contribution in [0.2, 0.25) is 0 Å². The number of rotatable bonds is 7. The molecule has 1 amide bonds. The minimum absolute atomic E-state index is 0.161. The van der Waals surface area contributed by atoms with E-state index in [0.717, 1.165) is 47.7 Å². The molecule has 2 heterocycles. The lowest BCUT2D eigenvalue weighted by Crippen LogP contribution is -3.11. The highest BCUT2D eigenvalue weighted by atomic mass is 16.4. The topological polar surface area (TPSA) is 86.4 Å². The monoisotopic (exact) mass is 471 g/mol. The fourth-order valence-electron chi connectivity index (χ4n) is 5.19. The summed E-state index contributed by atoms with van der Waals surface area (Å²) < 4.78 is 0. The minimum atomic E-state index is -0.685. The first-order valence-electron chi connectivity index (χ1n) is 12.3. The van der Waals surface area contributed by atoms with Crippen molar-refractivity contribution in [2.24, 2.45) is 10.9 Å². The molecular weight excluding hydrogens is 440 g/mol. The molecule has 3 aliphatic rings. The Labute approximate surface area is 205 Å². The number of fused-ring (bicyclic) bond motifs is 1. The van der Waals surface area contributed by atoms with Gasteiger partial charge in [-0.25, -0.2) is 4.90 Å². The van der Waals surface area contributed by atoms with Crippen LogP contribution in [0.4, 0.5) is 5.69 Å². The van der Waals surface area contributed by atoms with Crippen LogP contribution in [-0.4, -0.2) is 29.5 Å². The van der Waals surface area contributed by atoms with Crippen molar-refractivity contribution in [1.29, 1.82) is 0 Å². The van der Waals surface area contributed by atoms with Gasteiger partial charge in [-0.15, -0.1) is 0 Å². The van der Waals surface area contributed by atoms with Crippen LogP contribution >= 0.6 is 0 Å². The van der Waals surface area contributed by atoms with E-state index in [4.69, 9.17) is 5.11 Å². The number of hydrogen-bond donors (Lipinski definition) is 3. The smallest absolute Gasteiger partial charge is 0.303 e. The number of aliphatic carboxylic acids is 1. The molecular formula is C28H31N4O3+. The van der Waals surface area contributed by atoms with E-state index in [1.54, 1.807) is 0 Å². The minimum Gasteiger partial charge on any atom is -0.481 e. The van der Waals surface area contributed by atoms with Gasteiger partial charge in [0, 0.05) is 30.9 Å². The van der Waals surface area contributed by atoms with Crippen molar-refractivity contribution in [2.75, 3.05) is 11.6 Å².